The Labute approximate surface area is 128 Å². The maximum absolute atomic E-state index is 11.9. The van der Waals surface area contributed by atoms with E-state index in [9.17, 15) is 8.42 Å². The van der Waals surface area contributed by atoms with E-state index in [0.29, 0.717) is 5.69 Å². The van der Waals surface area contributed by atoms with Crippen LogP contribution in [0.25, 0.3) is 0 Å². The summed E-state index contributed by atoms with van der Waals surface area (Å²) in [5.41, 5.74) is 5.98. The van der Waals surface area contributed by atoms with Gasteiger partial charge >= 0.3 is 29.6 Å². The summed E-state index contributed by atoms with van der Waals surface area (Å²) < 4.78 is 26.0. The van der Waals surface area contributed by atoms with Crippen molar-refractivity contribution in [2.75, 3.05) is 10.5 Å². The average molecular weight is 274 g/mol. The Bertz CT molecular complexity index is 607. The number of nitrogen functional groups attached to an aromatic ring is 1. The van der Waals surface area contributed by atoms with Gasteiger partial charge in [0.1, 0.15) is 0 Å². The molecule has 0 radical (unpaired) electrons. The van der Waals surface area contributed by atoms with Crippen molar-refractivity contribution in [2.24, 2.45) is 0 Å². The van der Waals surface area contributed by atoms with Gasteiger partial charge in [0.05, 0.1) is 4.90 Å². The second-order valence-corrected chi connectivity index (χ2v) is 4.93. The Hall–Kier alpha value is -1.15. The van der Waals surface area contributed by atoms with E-state index in [-0.39, 0.29) is 41.8 Å². The van der Waals surface area contributed by atoms with Crippen LogP contribution in [0.2, 0.25) is 0 Å². The number of benzene rings is 1. The summed E-state index contributed by atoms with van der Waals surface area (Å²) in [7, 11) is -3.66. The molecule has 0 aliphatic heterocycles. The van der Waals surface area contributed by atoms with E-state index in [1.807, 2.05) is 0 Å². The monoisotopic (exact) mass is 274 g/mol. The molecule has 2 rings (SSSR count). The molecule has 2 aromatic rings. The third-order valence-electron chi connectivity index (χ3n) is 1.98. The molecule has 8 heteroatoms. The van der Waals surface area contributed by atoms with Gasteiger partial charge in [-0.25, -0.2) is 23.1 Å². The molecule has 1 aromatic carbocycles. The van der Waals surface area contributed by atoms with Crippen LogP contribution in [0.4, 0.5) is 11.6 Å². The van der Waals surface area contributed by atoms with E-state index in [2.05, 4.69) is 14.7 Å². The zero-order chi connectivity index (χ0) is 12.3. The first-order valence-electron chi connectivity index (χ1n) is 4.73. The molecule has 0 saturated carbocycles. The smallest absolute Gasteiger partial charge is 1.00 e. The second kappa shape index (κ2) is 6.14. The molecule has 90 valence electrons. The van der Waals surface area contributed by atoms with Crippen LogP contribution in [0.3, 0.4) is 0 Å². The van der Waals surface area contributed by atoms with Crippen molar-refractivity contribution in [1.82, 2.24) is 9.97 Å². The van der Waals surface area contributed by atoms with E-state index < -0.39 is 10.0 Å². The summed E-state index contributed by atoms with van der Waals surface area (Å²) >= 11 is 0. The fourth-order valence-corrected chi connectivity index (χ4v) is 2.14. The number of aromatic nitrogens is 2. The van der Waals surface area contributed by atoms with Gasteiger partial charge in [-0.3, -0.25) is 0 Å². The van der Waals surface area contributed by atoms with Gasteiger partial charge in [0.25, 0.3) is 10.0 Å². The zero-order valence-electron chi connectivity index (χ0n) is 10.7. The predicted molar refractivity (Wildman–Crippen MR) is 64.8 cm³/mol. The van der Waals surface area contributed by atoms with Crippen LogP contribution in [0.1, 0.15) is 1.43 Å². The molecule has 0 bridgehead atoms. The van der Waals surface area contributed by atoms with Crippen molar-refractivity contribution in [2.45, 2.75) is 4.90 Å². The van der Waals surface area contributed by atoms with Gasteiger partial charge in [-0.15, -0.1) is 0 Å². The van der Waals surface area contributed by atoms with E-state index in [0.717, 1.165) is 0 Å². The fourth-order valence-electron chi connectivity index (χ4n) is 1.18. The largest absolute Gasteiger partial charge is 1.00 e. The van der Waals surface area contributed by atoms with E-state index in [1.165, 1.54) is 36.7 Å². The van der Waals surface area contributed by atoms with E-state index >= 15 is 0 Å². The van der Waals surface area contributed by atoms with Gasteiger partial charge in [-0.2, -0.15) is 0 Å². The summed E-state index contributed by atoms with van der Waals surface area (Å²) in [4.78, 5) is 7.67. The molecule has 3 N–H and O–H groups in total. The van der Waals surface area contributed by atoms with Crippen molar-refractivity contribution >= 4 is 21.7 Å². The molecule has 0 saturated heterocycles. The Morgan fingerprint density at radius 1 is 1.11 bits per heavy atom. The van der Waals surface area contributed by atoms with Crippen molar-refractivity contribution in [3.8, 4) is 0 Å². The Morgan fingerprint density at radius 2 is 1.67 bits per heavy atom. The fraction of sp³-hybridized carbons (Fsp3) is 0. The molecule has 18 heavy (non-hydrogen) atoms. The molecule has 0 amide bonds. The molecule has 1 heterocycles. The first-order valence-corrected chi connectivity index (χ1v) is 6.22. The Morgan fingerprint density at radius 3 is 2.22 bits per heavy atom. The van der Waals surface area contributed by atoms with E-state index in [1.54, 1.807) is 6.07 Å². The van der Waals surface area contributed by atoms with Crippen LogP contribution in [-0.2, 0) is 10.0 Å². The standard InChI is InChI=1S/C10H10N4O2S.Na.H/c11-8-2-4-9(5-3-8)17(15,16)14-10-12-6-1-7-13-10;;/h1-7H,11H2,(H,12,13,14);;/q;+1;-1. The van der Waals surface area contributed by atoms with E-state index in [4.69, 9.17) is 5.73 Å². The maximum Gasteiger partial charge on any atom is 1.00 e. The number of hydrogen-bond acceptors (Lipinski definition) is 5. The molecule has 0 fully saturated rings. The Balaban J connectivity index is 0.00000162. The number of hydrogen-bond donors (Lipinski definition) is 2. The molecular weight excluding hydrogens is 263 g/mol. The minimum atomic E-state index is -3.66. The van der Waals surface area contributed by atoms with Gasteiger partial charge in [0, 0.05) is 18.1 Å². The van der Waals surface area contributed by atoms with Gasteiger partial charge in [-0.05, 0) is 30.3 Å². The zero-order valence-corrected chi connectivity index (χ0v) is 12.6. The molecular formula is C10H11N4NaO2S. The van der Waals surface area contributed by atoms with Gasteiger partial charge in [0.2, 0.25) is 5.95 Å². The summed E-state index contributed by atoms with van der Waals surface area (Å²) in [6, 6.07) is 7.46. The topological polar surface area (TPSA) is 98.0 Å². The average Bonchev–Trinajstić information content (AvgIpc) is 2.30. The molecule has 0 aliphatic rings. The van der Waals surface area contributed by atoms with Crippen molar-refractivity contribution in [3.63, 3.8) is 0 Å². The van der Waals surface area contributed by atoms with Gasteiger partial charge < -0.3 is 7.16 Å². The summed E-state index contributed by atoms with van der Waals surface area (Å²) in [5, 5.41) is 0. The third-order valence-corrected chi connectivity index (χ3v) is 3.33. The van der Waals surface area contributed by atoms with Crippen LogP contribution in [0.5, 0.6) is 0 Å². The summed E-state index contributed by atoms with van der Waals surface area (Å²) in [6.45, 7) is 0. The van der Waals surface area contributed by atoms with Crippen LogP contribution >= 0.6 is 0 Å². The van der Waals surface area contributed by atoms with Crippen LogP contribution in [-0.4, -0.2) is 18.4 Å². The first-order chi connectivity index (χ1) is 8.08. The predicted octanol–water partition coefficient (Wildman–Crippen LogP) is -2.02. The second-order valence-electron chi connectivity index (χ2n) is 3.25. The quantitative estimate of drug-likeness (QED) is 0.497. The van der Waals surface area contributed by atoms with Crippen molar-refractivity contribution in [3.05, 3.63) is 42.7 Å². The van der Waals surface area contributed by atoms with Crippen molar-refractivity contribution < 1.29 is 39.4 Å². The molecule has 0 aliphatic carbocycles. The molecule has 6 nitrogen and oxygen atoms in total. The maximum atomic E-state index is 11.9. The molecule has 1 aromatic heterocycles. The van der Waals surface area contributed by atoms with Gasteiger partial charge in [-0.1, -0.05) is 0 Å². The first kappa shape index (κ1) is 14.9. The van der Waals surface area contributed by atoms with Crippen molar-refractivity contribution in [1.29, 1.82) is 0 Å². The number of rotatable bonds is 3. The minimum Gasteiger partial charge on any atom is -1.00 e. The summed E-state index contributed by atoms with van der Waals surface area (Å²) in [5.74, 6) is 0.0318. The molecule has 0 spiro atoms. The number of sulfonamides is 1. The SMILES string of the molecule is Nc1ccc(S(=O)(=O)Nc2ncccn2)cc1.[H-].[Na+]. The number of nitrogens with two attached hydrogens (primary N) is 1. The van der Waals surface area contributed by atoms with Gasteiger partial charge in [0.15, 0.2) is 0 Å². The normalized spacial score (nSPS) is 10.4. The van der Waals surface area contributed by atoms with Crippen LogP contribution in [0, 0.1) is 0 Å². The number of nitrogens with one attached hydrogen (secondary N) is 1. The minimum absolute atomic E-state index is 0. The number of anilines is 2. The summed E-state index contributed by atoms with van der Waals surface area (Å²) in [6.07, 6.45) is 2.90. The van der Waals surface area contributed by atoms with Crippen LogP contribution in [0.15, 0.2) is 47.6 Å². The molecule has 0 atom stereocenters. The third kappa shape index (κ3) is 3.67. The number of nitrogens with zero attached hydrogens (tertiary/aromatic N) is 2. The Kier molecular flexibility index (Phi) is 5.09. The van der Waals surface area contributed by atoms with Crippen LogP contribution < -0.4 is 40.0 Å². The molecule has 0 unspecified atom stereocenters.